The van der Waals surface area contributed by atoms with Crippen LogP contribution in [0.25, 0.3) is 11.0 Å². The van der Waals surface area contributed by atoms with Gasteiger partial charge in [0, 0.05) is 17.5 Å². The molecule has 1 atom stereocenters. The summed E-state index contributed by atoms with van der Waals surface area (Å²) >= 11 is 0. The number of nitrogens with zero attached hydrogens (tertiary/aromatic N) is 1. The molecule has 0 saturated heterocycles. The number of carbonyl (C=O) groups is 1. The SMILES string of the molecule is Cc1cc(=O)oc2cc(OCC(=O)NC(C)(C#N)C(C)C)ccc12. The number of nitriles is 1. The van der Waals surface area contributed by atoms with Gasteiger partial charge in [0.2, 0.25) is 0 Å². The van der Waals surface area contributed by atoms with Crippen LogP contribution in [0, 0.1) is 24.2 Å². The predicted octanol–water partition coefficient (Wildman–Crippen LogP) is 2.53. The Hall–Kier alpha value is -2.81. The minimum Gasteiger partial charge on any atom is -0.484 e. The van der Waals surface area contributed by atoms with E-state index in [1.807, 2.05) is 20.8 Å². The van der Waals surface area contributed by atoms with E-state index in [9.17, 15) is 14.9 Å². The molecule has 1 aromatic carbocycles. The number of nitrogens with one attached hydrogen (secondary N) is 1. The zero-order chi connectivity index (χ0) is 17.9. The van der Waals surface area contributed by atoms with Crippen LogP contribution in [0.2, 0.25) is 0 Å². The van der Waals surface area contributed by atoms with Crippen molar-refractivity contribution in [2.45, 2.75) is 33.2 Å². The van der Waals surface area contributed by atoms with Gasteiger partial charge in [-0.25, -0.2) is 4.79 Å². The van der Waals surface area contributed by atoms with Gasteiger partial charge in [0.05, 0.1) is 6.07 Å². The minimum atomic E-state index is -0.951. The molecule has 0 radical (unpaired) electrons. The van der Waals surface area contributed by atoms with Crippen LogP contribution in [-0.4, -0.2) is 18.1 Å². The van der Waals surface area contributed by atoms with Crippen LogP contribution in [0.5, 0.6) is 5.75 Å². The van der Waals surface area contributed by atoms with Crippen molar-refractivity contribution in [1.29, 1.82) is 5.26 Å². The first-order valence-electron chi connectivity index (χ1n) is 7.65. The summed E-state index contributed by atoms with van der Waals surface area (Å²) < 4.78 is 10.6. The van der Waals surface area contributed by atoms with Gasteiger partial charge >= 0.3 is 5.63 Å². The highest BCUT2D eigenvalue weighted by atomic mass is 16.5. The number of fused-ring (bicyclic) bond motifs is 1. The largest absolute Gasteiger partial charge is 0.484 e. The summed E-state index contributed by atoms with van der Waals surface area (Å²) in [6, 6.07) is 8.58. The first-order valence-corrected chi connectivity index (χ1v) is 7.65. The van der Waals surface area contributed by atoms with Crippen molar-refractivity contribution in [3.05, 3.63) is 40.2 Å². The second-order valence-corrected chi connectivity index (χ2v) is 6.21. The normalized spacial score (nSPS) is 13.3. The molecule has 1 unspecified atom stereocenters. The maximum Gasteiger partial charge on any atom is 0.336 e. The van der Waals surface area contributed by atoms with E-state index in [-0.39, 0.29) is 12.5 Å². The summed E-state index contributed by atoms with van der Waals surface area (Å²) in [6.07, 6.45) is 0. The second-order valence-electron chi connectivity index (χ2n) is 6.21. The monoisotopic (exact) mass is 328 g/mol. The highest BCUT2D eigenvalue weighted by molar-refractivity contribution is 5.82. The fourth-order valence-corrected chi connectivity index (χ4v) is 2.17. The molecule has 0 aliphatic carbocycles. The van der Waals surface area contributed by atoms with Crippen molar-refractivity contribution in [3.8, 4) is 11.8 Å². The molecule has 0 aliphatic rings. The number of ether oxygens (including phenoxy) is 1. The lowest BCUT2D eigenvalue weighted by molar-refractivity contribution is -0.124. The van der Waals surface area contributed by atoms with E-state index < -0.39 is 17.1 Å². The first-order chi connectivity index (χ1) is 11.2. The Labute approximate surface area is 140 Å². The van der Waals surface area contributed by atoms with Crippen LogP contribution >= 0.6 is 0 Å². The molecule has 0 fully saturated rings. The molecule has 126 valence electrons. The summed E-state index contributed by atoms with van der Waals surface area (Å²) in [5.74, 6) is -0.0162. The van der Waals surface area contributed by atoms with Gasteiger partial charge in [-0.1, -0.05) is 13.8 Å². The topological polar surface area (TPSA) is 92.3 Å². The van der Waals surface area contributed by atoms with Gasteiger partial charge in [0.1, 0.15) is 16.9 Å². The third-order valence-electron chi connectivity index (χ3n) is 4.08. The zero-order valence-corrected chi connectivity index (χ0v) is 14.2. The van der Waals surface area contributed by atoms with Crippen molar-refractivity contribution in [2.24, 2.45) is 5.92 Å². The fraction of sp³-hybridized carbons (Fsp3) is 0.389. The Morgan fingerprint density at radius 1 is 1.42 bits per heavy atom. The van der Waals surface area contributed by atoms with Crippen LogP contribution in [0.3, 0.4) is 0 Å². The molecule has 2 aromatic rings. The lowest BCUT2D eigenvalue weighted by Gasteiger charge is -2.27. The van der Waals surface area contributed by atoms with Crippen molar-refractivity contribution in [1.82, 2.24) is 5.32 Å². The molecule has 1 heterocycles. The zero-order valence-electron chi connectivity index (χ0n) is 14.2. The van der Waals surface area contributed by atoms with Crippen LogP contribution in [-0.2, 0) is 4.79 Å². The van der Waals surface area contributed by atoms with Gasteiger partial charge in [-0.15, -0.1) is 0 Å². The van der Waals surface area contributed by atoms with Gasteiger partial charge in [0.15, 0.2) is 6.61 Å². The van der Waals surface area contributed by atoms with Crippen LogP contribution < -0.4 is 15.7 Å². The van der Waals surface area contributed by atoms with Crippen molar-refractivity contribution >= 4 is 16.9 Å². The lowest BCUT2D eigenvalue weighted by Crippen LogP contribution is -2.50. The first kappa shape index (κ1) is 17.5. The van der Waals surface area contributed by atoms with Crippen LogP contribution in [0.1, 0.15) is 26.3 Å². The summed E-state index contributed by atoms with van der Waals surface area (Å²) in [5.41, 5.74) is -0.167. The fourth-order valence-electron chi connectivity index (χ4n) is 2.17. The van der Waals surface area contributed by atoms with Crippen LogP contribution in [0.4, 0.5) is 0 Å². The number of rotatable bonds is 5. The Morgan fingerprint density at radius 2 is 2.12 bits per heavy atom. The predicted molar refractivity (Wildman–Crippen MR) is 89.7 cm³/mol. The highest BCUT2D eigenvalue weighted by Crippen LogP contribution is 2.22. The maximum absolute atomic E-state index is 12.0. The molecule has 1 aromatic heterocycles. The van der Waals surface area contributed by atoms with E-state index in [1.54, 1.807) is 25.1 Å². The average Bonchev–Trinajstić information content (AvgIpc) is 2.52. The van der Waals surface area contributed by atoms with Gasteiger partial charge in [-0.2, -0.15) is 5.26 Å². The molecule has 24 heavy (non-hydrogen) atoms. The minimum absolute atomic E-state index is 0.0376. The molecular formula is C18H20N2O4. The third-order valence-corrected chi connectivity index (χ3v) is 4.08. The van der Waals surface area contributed by atoms with Crippen molar-refractivity contribution in [3.63, 3.8) is 0 Å². The van der Waals surface area contributed by atoms with E-state index in [0.29, 0.717) is 11.3 Å². The van der Waals surface area contributed by atoms with Crippen molar-refractivity contribution < 1.29 is 13.9 Å². The molecule has 0 spiro atoms. The number of hydrogen-bond acceptors (Lipinski definition) is 5. The number of amides is 1. The lowest BCUT2D eigenvalue weighted by atomic mass is 9.90. The van der Waals surface area contributed by atoms with E-state index >= 15 is 0 Å². The van der Waals surface area contributed by atoms with Gasteiger partial charge in [-0.05, 0) is 37.5 Å². The summed E-state index contributed by atoms with van der Waals surface area (Å²) in [5, 5.41) is 12.7. The summed E-state index contributed by atoms with van der Waals surface area (Å²) in [6.45, 7) is 6.98. The van der Waals surface area contributed by atoms with Crippen molar-refractivity contribution in [2.75, 3.05) is 6.61 Å². The Bertz CT molecular complexity index is 863. The van der Waals surface area contributed by atoms with E-state index in [4.69, 9.17) is 9.15 Å². The molecule has 6 heteroatoms. The number of carbonyl (C=O) groups excluding carboxylic acids is 1. The summed E-state index contributed by atoms with van der Waals surface area (Å²) in [7, 11) is 0. The van der Waals surface area contributed by atoms with Crippen LogP contribution in [0.15, 0.2) is 33.5 Å². The van der Waals surface area contributed by atoms with Gasteiger partial charge < -0.3 is 14.5 Å². The van der Waals surface area contributed by atoms with Gasteiger partial charge in [-0.3, -0.25) is 4.79 Å². The average molecular weight is 328 g/mol. The van der Waals surface area contributed by atoms with E-state index in [1.165, 1.54) is 6.07 Å². The Kier molecular flexibility index (Phi) is 4.93. The number of benzene rings is 1. The Balaban J connectivity index is 2.10. The second kappa shape index (κ2) is 6.75. The molecule has 0 bridgehead atoms. The molecule has 6 nitrogen and oxygen atoms in total. The van der Waals surface area contributed by atoms with E-state index in [0.717, 1.165) is 10.9 Å². The number of aryl methyl sites for hydroxylation is 1. The molecular weight excluding hydrogens is 308 g/mol. The molecule has 1 N–H and O–H groups in total. The van der Waals surface area contributed by atoms with E-state index in [2.05, 4.69) is 11.4 Å². The third kappa shape index (κ3) is 3.74. The maximum atomic E-state index is 12.0. The molecule has 1 amide bonds. The Morgan fingerprint density at radius 3 is 2.75 bits per heavy atom. The molecule has 0 aliphatic heterocycles. The standard InChI is InChI=1S/C18H20N2O4/c1-11(2)18(4,10-19)20-16(21)9-23-13-5-6-14-12(3)7-17(22)24-15(14)8-13/h5-8,11H,9H2,1-4H3,(H,20,21). The highest BCUT2D eigenvalue weighted by Gasteiger charge is 2.30. The smallest absolute Gasteiger partial charge is 0.336 e. The molecule has 2 rings (SSSR count). The molecule has 0 saturated carbocycles. The summed E-state index contributed by atoms with van der Waals surface area (Å²) in [4.78, 5) is 23.4. The quantitative estimate of drug-likeness (QED) is 0.851. The van der Waals surface area contributed by atoms with Gasteiger partial charge in [0.25, 0.3) is 5.91 Å². The number of hydrogen-bond donors (Lipinski definition) is 1.